The predicted octanol–water partition coefficient (Wildman–Crippen LogP) is 0.770. The Labute approximate surface area is 144 Å². The van der Waals surface area contributed by atoms with Crippen LogP contribution in [-0.2, 0) is 0 Å². The third-order valence-electron chi connectivity index (χ3n) is 4.23. The highest BCUT2D eigenvalue weighted by atomic mass is 16.5. The Hall–Kier alpha value is -2.77. The SMILES string of the molecule is Nc1ccc(C(=O)C2=C(c3ccccc3)C=CC(N)(N)C2(O)O)cc1. The molecule has 128 valence electrons. The van der Waals surface area contributed by atoms with E-state index in [1.165, 1.54) is 24.3 Å². The average molecular weight is 337 g/mol. The minimum Gasteiger partial charge on any atom is -0.399 e. The molecule has 1 aliphatic carbocycles. The van der Waals surface area contributed by atoms with E-state index in [9.17, 15) is 15.0 Å². The fourth-order valence-corrected chi connectivity index (χ4v) is 2.74. The molecule has 0 bridgehead atoms. The number of anilines is 1. The van der Waals surface area contributed by atoms with Crippen molar-refractivity contribution < 1.29 is 15.0 Å². The van der Waals surface area contributed by atoms with Gasteiger partial charge in [-0.15, -0.1) is 0 Å². The number of nitrogens with two attached hydrogens (primary N) is 3. The zero-order valence-corrected chi connectivity index (χ0v) is 13.4. The summed E-state index contributed by atoms with van der Waals surface area (Å²) >= 11 is 0. The zero-order valence-electron chi connectivity index (χ0n) is 13.4. The van der Waals surface area contributed by atoms with Crippen molar-refractivity contribution in [1.82, 2.24) is 0 Å². The summed E-state index contributed by atoms with van der Waals surface area (Å²) in [4.78, 5) is 13.0. The van der Waals surface area contributed by atoms with Crippen molar-refractivity contribution in [1.29, 1.82) is 0 Å². The lowest BCUT2D eigenvalue weighted by Crippen LogP contribution is -2.68. The van der Waals surface area contributed by atoms with Crippen LogP contribution in [0.5, 0.6) is 0 Å². The van der Waals surface area contributed by atoms with E-state index in [0.29, 0.717) is 16.8 Å². The third kappa shape index (κ3) is 2.88. The number of ketones is 1. The van der Waals surface area contributed by atoms with Gasteiger partial charge >= 0.3 is 0 Å². The molecule has 6 nitrogen and oxygen atoms in total. The number of rotatable bonds is 3. The summed E-state index contributed by atoms with van der Waals surface area (Å²) in [7, 11) is 0. The molecule has 0 aliphatic heterocycles. The molecule has 0 aromatic heterocycles. The zero-order chi connectivity index (χ0) is 18.2. The number of benzene rings is 2. The summed E-state index contributed by atoms with van der Waals surface area (Å²) in [5, 5.41) is 21.3. The first-order chi connectivity index (χ1) is 11.7. The molecule has 0 amide bonds. The second-order valence-corrected chi connectivity index (χ2v) is 6.04. The molecule has 25 heavy (non-hydrogen) atoms. The number of hydrogen-bond acceptors (Lipinski definition) is 6. The van der Waals surface area contributed by atoms with Crippen LogP contribution in [-0.4, -0.2) is 27.4 Å². The summed E-state index contributed by atoms with van der Waals surface area (Å²) in [5.74, 6) is -3.33. The predicted molar refractivity (Wildman–Crippen MR) is 96.0 cm³/mol. The lowest BCUT2D eigenvalue weighted by Gasteiger charge is -2.40. The summed E-state index contributed by atoms with van der Waals surface area (Å²) in [6.45, 7) is 0. The Kier molecular flexibility index (Phi) is 4.06. The van der Waals surface area contributed by atoms with Gasteiger partial charge in [0, 0.05) is 11.3 Å². The first-order valence-corrected chi connectivity index (χ1v) is 7.66. The molecule has 8 N–H and O–H groups in total. The highest BCUT2D eigenvalue weighted by molar-refractivity contribution is 6.16. The van der Waals surface area contributed by atoms with Crippen molar-refractivity contribution >= 4 is 17.0 Å². The van der Waals surface area contributed by atoms with Crippen LogP contribution in [0.25, 0.3) is 5.57 Å². The number of carbonyl (C=O) groups is 1. The third-order valence-corrected chi connectivity index (χ3v) is 4.23. The summed E-state index contributed by atoms with van der Waals surface area (Å²) in [5.41, 5.74) is 16.7. The number of aliphatic hydroxyl groups is 2. The van der Waals surface area contributed by atoms with Gasteiger partial charge in [0.05, 0.1) is 5.57 Å². The van der Waals surface area contributed by atoms with Crippen LogP contribution >= 0.6 is 0 Å². The normalized spacial score (nSPS) is 18.2. The Morgan fingerprint density at radius 3 is 2.12 bits per heavy atom. The minimum absolute atomic E-state index is 0.246. The van der Waals surface area contributed by atoms with E-state index < -0.39 is 17.2 Å². The van der Waals surface area contributed by atoms with Crippen molar-refractivity contribution in [2.75, 3.05) is 5.73 Å². The molecule has 0 unspecified atom stereocenters. The van der Waals surface area contributed by atoms with Gasteiger partial charge in [-0.3, -0.25) is 4.79 Å². The van der Waals surface area contributed by atoms with Crippen molar-refractivity contribution in [3.8, 4) is 0 Å². The molecule has 0 spiro atoms. The molecule has 3 rings (SSSR count). The van der Waals surface area contributed by atoms with Gasteiger partial charge in [0.25, 0.3) is 0 Å². The van der Waals surface area contributed by atoms with E-state index in [0.717, 1.165) is 0 Å². The van der Waals surface area contributed by atoms with Crippen LogP contribution in [0, 0.1) is 0 Å². The fourth-order valence-electron chi connectivity index (χ4n) is 2.74. The molecular weight excluding hydrogens is 318 g/mol. The lowest BCUT2D eigenvalue weighted by atomic mass is 9.78. The van der Waals surface area contributed by atoms with Gasteiger partial charge in [-0.1, -0.05) is 36.4 Å². The van der Waals surface area contributed by atoms with Gasteiger partial charge in [0.15, 0.2) is 5.78 Å². The van der Waals surface area contributed by atoms with E-state index in [1.54, 1.807) is 36.4 Å². The second-order valence-electron chi connectivity index (χ2n) is 6.04. The van der Waals surface area contributed by atoms with Gasteiger partial charge in [-0.05, 0) is 41.5 Å². The van der Waals surface area contributed by atoms with Crippen molar-refractivity contribution in [3.05, 3.63) is 83.4 Å². The van der Waals surface area contributed by atoms with Crippen molar-refractivity contribution in [3.63, 3.8) is 0 Å². The molecule has 0 saturated carbocycles. The van der Waals surface area contributed by atoms with E-state index in [4.69, 9.17) is 17.2 Å². The Bertz CT molecular complexity index is 867. The fraction of sp³-hybridized carbons (Fsp3) is 0.105. The van der Waals surface area contributed by atoms with E-state index in [-0.39, 0.29) is 11.1 Å². The summed E-state index contributed by atoms with van der Waals surface area (Å²) in [6.07, 6.45) is 2.81. The maximum atomic E-state index is 13.0. The molecule has 0 saturated heterocycles. The minimum atomic E-state index is -2.74. The summed E-state index contributed by atoms with van der Waals surface area (Å²) < 4.78 is 0. The van der Waals surface area contributed by atoms with E-state index in [1.807, 2.05) is 6.07 Å². The number of hydrogen-bond donors (Lipinski definition) is 5. The van der Waals surface area contributed by atoms with E-state index in [2.05, 4.69) is 0 Å². The Morgan fingerprint density at radius 1 is 0.920 bits per heavy atom. The molecule has 6 heteroatoms. The Morgan fingerprint density at radius 2 is 1.52 bits per heavy atom. The quantitative estimate of drug-likeness (QED) is 0.319. The Balaban J connectivity index is 2.23. The van der Waals surface area contributed by atoms with Gasteiger partial charge in [-0.25, -0.2) is 0 Å². The standard InChI is InChI=1S/C19H19N3O3/c20-14-8-6-13(7-9-14)17(23)16-15(12-4-2-1-3-5-12)10-11-18(21,22)19(16,24)25/h1-11,24-25H,20-22H2. The van der Waals surface area contributed by atoms with Crippen LogP contribution in [0.15, 0.2) is 72.3 Å². The molecule has 0 atom stereocenters. The molecule has 2 aromatic rings. The summed E-state index contributed by atoms with van der Waals surface area (Å²) in [6, 6.07) is 15.0. The molecular formula is C19H19N3O3. The lowest BCUT2D eigenvalue weighted by molar-refractivity contribution is -0.162. The van der Waals surface area contributed by atoms with Crippen LogP contribution in [0.3, 0.4) is 0 Å². The number of carbonyl (C=O) groups excluding carboxylic acids is 1. The highest BCUT2D eigenvalue weighted by Gasteiger charge is 2.51. The second kappa shape index (κ2) is 5.94. The first-order valence-electron chi connectivity index (χ1n) is 7.66. The monoisotopic (exact) mass is 337 g/mol. The average Bonchev–Trinajstić information content (AvgIpc) is 2.58. The maximum absolute atomic E-state index is 13.0. The van der Waals surface area contributed by atoms with Gasteiger partial charge < -0.3 is 27.4 Å². The topological polar surface area (TPSA) is 136 Å². The van der Waals surface area contributed by atoms with Crippen molar-refractivity contribution in [2.45, 2.75) is 11.4 Å². The number of nitrogen functional groups attached to an aromatic ring is 1. The smallest absolute Gasteiger partial charge is 0.230 e. The number of allylic oxidation sites excluding steroid dienone is 2. The molecule has 0 heterocycles. The van der Waals surface area contributed by atoms with E-state index >= 15 is 0 Å². The molecule has 1 aliphatic rings. The molecule has 2 aromatic carbocycles. The van der Waals surface area contributed by atoms with Crippen LogP contribution in [0.1, 0.15) is 15.9 Å². The van der Waals surface area contributed by atoms with Crippen LogP contribution in [0.2, 0.25) is 0 Å². The first kappa shape index (κ1) is 17.1. The highest BCUT2D eigenvalue weighted by Crippen LogP contribution is 2.37. The maximum Gasteiger partial charge on any atom is 0.230 e. The number of Topliss-reactive ketones (excluding diaryl/α,β-unsaturated/α-hetero) is 1. The van der Waals surface area contributed by atoms with Gasteiger partial charge in [-0.2, -0.15) is 0 Å². The molecule has 0 fully saturated rings. The van der Waals surface area contributed by atoms with Gasteiger partial charge in [0.1, 0.15) is 5.66 Å². The van der Waals surface area contributed by atoms with Gasteiger partial charge in [0.2, 0.25) is 5.79 Å². The van der Waals surface area contributed by atoms with Crippen LogP contribution in [0.4, 0.5) is 5.69 Å². The largest absolute Gasteiger partial charge is 0.399 e. The van der Waals surface area contributed by atoms with Crippen LogP contribution < -0.4 is 17.2 Å². The molecule has 0 radical (unpaired) electrons. The van der Waals surface area contributed by atoms with Crippen molar-refractivity contribution in [2.24, 2.45) is 11.5 Å².